The Labute approximate surface area is 142 Å². The van der Waals surface area contributed by atoms with E-state index in [0.717, 1.165) is 26.1 Å². The fourth-order valence-electron chi connectivity index (χ4n) is 2.01. The van der Waals surface area contributed by atoms with E-state index in [0.29, 0.717) is 6.04 Å². The first kappa shape index (κ1) is 15.8. The first-order valence-corrected chi connectivity index (χ1v) is 8.43. The van der Waals surface area contributed by atoms with Crippen molar-refractivity contribution in [2.24, 2.45) is 0 Å². The van der Waals surface area contributed by atoms with E-state index in [-0.39, 0.29) is 0 Å². The van der Waals surface area contributed by atoms with Crippen LogP contribution in [0.25, 0.3) is 0 Å². The third-order valence-electron chi connectivity index (χ3n) is 2.98. The van der Waals surface area contributed by atoms with Gasteiger partial charge in [0, 0.05) is 14.1 Å². The number of benzene rings is 2. The minimum absolute atomic E-state index is 0.320. The number of halogens is 2. The Morgan fingerprint density at radius 3 is 2.60 bits per heavy atom. The Morgan fingerprint density at radius 2 is 1.95 bits per heavy atom. The van der Waals surface area contributed by atoms with Gasteiger partial charge in [-0.1, -0.05) is 35.0 Å². The molecule has 0 aromatic heterocycles. The van der Waals surface area contributed by atoms with Gasteiger partial charge in [0.25, 0.3) is 0 Å². The molecule has 20 heavy (non-hydrogen) atoms. The van der Waals surface area contributed by atoms with Gasteiger partial charge in [-0.15, -0.1) is 0 Å². The molecule has 0 saturated carbocycles. The van der Waals surface area contributed by atoms with Crippen molar-refractivity contribution < 1.29 is 4.74 Å². The summed E-state index contributed by atoms with van der Waals surface area (Å²) in [5.74, 6) is 1.70. The first-order chi connectivity index (χ1) is 9.60. The van der Waals surface area contributed by atoms with Crippen LogP contribution in [0.1, 0.15) is 25.5 Å². The van der Waals surface area contributed by atoms with Gasteiger partial charge in [-0.25, -0.2) is 0 Å². The normalized spacial score (nSPS) is 12.2. The van der Waals surface area contributed by atoms with E-state index in [2.05, 4.69) is 63.8 Å². The van der Waals surface area contributed by atoms with Crippen molar-refractivity contribution in [1.29, 1.82) is 0 Å². The van der Waals surface area contributed by atoms with Gasteiger partial charge in [-0.2, -0.15) is 0 Å². The van der Waals surface area contributed by atoms with Crippen LogP contribution >= 0.6 is 38.5 Å². The molecule has 4 heteroatoms. The molecule has 2 nitrogen and oxygen atoms in total. The third kappa shape index (κ3) is 4.20. The molecule has 0 radical (unpaired) electrons. The lowest BCUT2D eigenvalue weighted by Crippen LogP contribution is -2.17. The van der Waals surface area contributed by atoms with E-state index < -0.39 is 0 Å². The van der Waals surface area contributed by atoms with Crippen molar-refractivity contribution in [2.75, 3.05) is 6.54 Å². The van der Waals surface area contributed by atoms with Gasteiger partial charge in [0.05, 0.1) is 0 Å². The van der Waals surface area contributed by atoms with Gasteiger partial charge in [0.2, 0.25) is 0 Å². The lowest BCUT2D eigenvalue weighted by atomic mass is 10.1. The van der Waals surface area contributed by atoms with E-state index in [9.17, 15) is 0 Å². The molecule has 0 spiro atoms. The molecule has 2 rings (SSSR count). The third-order valence-corrected chi connectivity index (χ3v) is 4.34. The average molecular weight is 446 g/mol. The highest BCUT2D eigenvalue weighted by Gasteiger charge is 2.09. The predicted molar refractivity (Wildman–Crippen MR) is 95.5 cm³/mol. The van der Waals surface area contributed by atoms with Crippen LogP contribution in [0.5, 0.6) is 11.5 Å². The summed E-state index contributed by atoms with van der Waals surface area (Å²) in [5.41, 5.74) is 1.24. The van der Waals surface area contributed by atoms with Crippen LogP contribution in [-0.2, 0) is 0 Å². The quantitative estimate of drug-likeness (QED) is 0.612. The second-order valence-corrected chi connectivity index (χ2v) is 6.62. The van der Waals surface area contributed by atoms with Gasteiger partial charge in [-0.05, 0) is 72.0 Å². The van der Waals surface area contributed by atoms with E-state index in [4.69, 9.17) is 4.74 Å². The van der Waals surface area contributed by atoms with E-state index in [1.807, 2.05) is 36.4 Å². The molecule has 0 aliphatic rings. The molecule has 106 valence electrons. The SMILES string of the molecule is CCNC(C)c1ccc(Oc2cccc(I)c2)cc1Br. The molecule has 0 bridgehead atoms. The molecule has 0 aliphatic carbocycles. The summed E-state index contributed by atoms with van der Waals surface area (Å²) in [6, 6.07) is 14.5. The van der Waals surface area contributed by atoms with Crippen molar-refractivity contribution in [2.45, 2.75) is 19.9 Å². The summed E-state index contributed by atoms with van der Waals surface area (Å²) in [4.78, 5) is 0. The molecular weight excluding hydrogens is 429 g/mol. The van der Waals surface area contributed by atoms with Crippen molar-refractivity contribution in [3.05, 3.63) is 56.1 Å². The van der Waals surface area contributed by atoms with Crippen molar-refractivity contribution in [3.8, 4) is 11.5 Å². The van der Waals surface area contributed by atoms with Gasteiger partial charge >= 0.3 is 0 Å². The Hall–Kier alpha value is -0.590. The van der Waals surface area contributed by atoms with Crippen LogP contribution in [0.2, 0.25) is 0 Å². The Morgan fingerprint density at radius 1 is 1.20 bits per heavy atom. The minimum Gasteiger partial charge on any atom is -0.457 e. The number of hydrogen-bond donors (Lipinski definition) is 1. The second-order valence-electron chi connectivity index (χ2n) is 4.52. The summed E-state index contributed by atoms with van der Waals surface area (Å²) in [6.45, 7) is 5.22. The molecule has 0 amide bonds. The lowest BCUT2D eigenvalue weighted by Gasteiger charge is -2.15. The maximum absolute atomic E-state index is 5.88. The summed E-state index contributed by atoms with van der Waals surface area (Å²) in [7, 11) is 0. The van der Waals surface area contributed by atoms with Crippen LogP contribution in [0.15, 0.2) is 46.9 Å². The Kier molecular flexibility index (Phi) is 5.86. The topological polar surface area (TPSA) is 21.3 Å². The molecule has 2 aromatic carbocycles. The van der Waals surface area contributed by atoms with Crippen LogP contribution in [-0.4, -0.2) is 6.54 Å². The number of hydrogen-bond acceptors (Lipinski definition) is 2. The smallest absolute Gasteiger partial charge is 0.128 e. The molecule has 2 aromatic rings. The second kappa shape index (κ2) is 7.43. The van der Waals surface area contributed by atoms with Gasteiger partial charge < -0.3 is 10.1 Å². The fourth-order valence-corrected chi connectivity index (χ4v) is 3.22. The monoisotopic (exact) mass is 445 g/mol. The zero-order chi connectivity index (χ0) is 14.5. The van der Waals surface area contributed by atoms with Crippen LogP contribution in [0.4, 0.5) is 0 Å². The molecule has 1 N–H and O–H groups in total. The zero-order valence-electron chi connectivity index (χ0n) is 11.5. The summed E-state index contributed by atoms with van der Waals surface area (Å²) in [5, 5.41) is 3.41. The molecular formula is C16H17BrINO. The summed E-state index contributed by atoms with van der Waals surface area (Å²) >= 11 is 5.90. The van der Waals surface area contributed by atoms with E-state index in [1.165, 1.54) is 5.56 Å². The zero-order valence-corrected chi connectivity index (χ0v) is 15.2. The largest absolute Gasteiger partial charge is 0.457 e. The molecule has 0 heterocycles. The average Bonchev–Trinajstić information content (AvgIpc) is 2.39. The fraction of sp³-hybridized carbons (Fsp3) is 0.250. The maximum Gasteiger partial charge on any atom is 0.128 e. The van der Waals surface area contributed by atoms with Gasteiger partial charge in [0.15, 0.2) is 0 Å². The van der Waals surface area contributed by atoms with E-state index in [1.54, 1.807) is 0 Å². The highest BCUT2D eigenvalue weighted by atomic mass is 127. The first-order valence-electron chi connectivity index (χ1n) is 6.56. The minimum atomic E-state index is 0.320. The van der Waals surface area contributed by atoms with Gasteiger partial charge in [0.1, 0.15) is 11.5 Å². The highest BCUT2D eigenvalue weighted by molar-refractivity contribution is 14.1. The maximum atomic E-state index is 5.88. The Bertz CT molecular complexity index is 588. The van der Waals surface area contributed by atoms with Crippen LogP contribution < -0.4 is 10.1 Å². The summed E-state index contributed by atoms with van der Waals surface area (Å²) < 4.78 is 8.11. The molecule has 0 fully saturated rings. The van der Waals surface area contributed by atoms with Crippen molar-refractivity contribution in [1.82, 2.24) is 5.32 Å². The van der Waals surface area contributed by atoms with Crippen LogP contribution in [0, 0.1) is 3.57 Å². The van der Waals surface area contributed by atoms with Crippen LogP contribution in [0.3, 0.4) is 0 Å². The molecule has 1 unspecified atom stereocenters. The number of nitrogens with one attached hydrogen (secondary N) is 1. The predicted octanol–water partition coefficient (Wildman–Crippen LogP) is 5.52. The lowest BCUT2D eigenvalue weighted by molar-refractivity contribution is 0.481. The molecule has 0 aliphatic heterocycles. The Balaban J connectivity index is 2.17. The van der Waals surface area contributed by atoms with Crippen molar-refractivity contribution in [3.63, 3.8) is 0 Å². The van der Waals surface area contributed by atoms with Gasteiger partial charge in [-0.3, -0.25) is 0 Å². The highest BCUT2D eigenvalue weighted by Crippen LogP contribution is 2.30. The molecule has 0 saturated heterocycles. The standard InChI is InChI=1S/C16H17BrINO/c1-3-19-11(2)15-8-7-14(10-16(15)17)20-13-6-4-5-12(18)9-13/h4-11,19H,3H2,1-2H3. The number of rotatable bonds is 5. The van der Waals surface area contributed by atoms with Crippen molar-refractivity contribution >= 4 is 38.5 Å². The molecule has 1 atom stereocenters. The van der Waals surface area contributed by atoms with E-state index >= 15 is 0 Å². The summed E-state index contributed by atoms with van der Waals surface area (Å²) in [6.07, 6.45) is 0. The number of ether oxygens (including phenoxy) is 1.